The van der Waals surface area contributed by atoms with Gasteiger partial charge in [0.15, 0.2) is 0 Å². The Morgan fingerprint density at radius 3 is 2.57 bits per heavy atom. The average Bonchev–Trinajstić information content (AvgIpc) is 2.48. The predicted molar refractivity (Wildman–Crippen MR) is 82.3 cm³/mol. The Morgan fingerprint density at radius 1 is 1.19 bits per heavy atom. The summed E-state index contributed by atoms with van der Waals surface area (Å²) in [6, 6.07) is 9.36. The standard InChI is InChI=1S/C16H20N4O/c1-12(2)20(11-15-5-3-4-8-18-15)16(21)9-14-7-6-13(17)10-19-14/h3-8,10,12H,9,11,17H2,1-2H3. The Balaban J connectivity index is 2.07. The molecule has 2 aromatic heterocycles. The number of hydrogen-bond donors (Lipinski definition) is 1. The SMILES string of the molecule is CC(C)N(Cc1ccccn1)C(=O)Cc1ccc(N)cn1. The lowest BCUT2D eigenvalue weighted by Gasteiger charge is -2.26. The van der Waals surface area contributed by atoms with Gasteiger partial charge >= 0.3 is 0 Å². The quantitative estimate of drug-likeness (QED) is 0.912. The highest BCUT2D eigenvalue weighted by Gasteiger charge is 2.18. The number of hydrogen-bond acceptors (Lipinski definition) is 4. The zero-order valence-electron chi connectivity index (χ0n) is 12.4. The summed E-state index contributed by atoms with van der Waals surface area (Å²) < 4.78 is 0. The van der Waals surface area contributed by atoms with Gasteiger partial charge in [-0.2, -0.15) is 0 Å². The molecule has 0 saturated carbocycles. The van der Waals surface area contributed by atoms with Crippen LogP contribution in [0.25, 0.3) is 0 Å². The Bertz CT molecular complexity index is 581. The first kappa shape index (κ1) is 15.0. The van der Waals surface area contributed by atoms with E-state index in [0.29, 0.717) is 12.2 Å². The van der Waals surface area contributed by atoms with Crippen LogP contribution in [0.15, 0.2) is 42.7 Å². The van der Waals surface area contributed by atoms with Gasteiger partial charge < -0.3 is 10.6 Å². The van der Waals surface area contributed by atoms with Crippen molar-refractivity contribution in [1.82, 2.24) is 14.9 Å². The van der Waals surface area contributed by atoms with Crippen molar-refractivity contribution in [3.63, 3.8) is 0 Å². The lowest BCUT2D eigenvalue weighted by molar-refractivity contribution is -0.132. The summed E-state index contributed by atoms with van der Waals surface area (Å²) in [6.07, 6.45) is 3.58. The maximum atomic E-state index is 12.5. The van der Waals surface area contributed by atoms with Gasteiger partial charge in [-0.3, -0.25) is 14.8 Å². The van der Waals surface area contributed by atoms with Gasteiger partial charge in [0.05, 0.1) is 30.5 Å². The van der Waals surface area contributed by atoms with E-state index in [-0.39, 0.29) is 18.4 Å². The average molecular weight is 284 g/mol. The Labute approximate surface area is 124 Å². The smallest absolute Gasteiger partial charge is 0.229 e. The molecule has 1 amide bonds. The highest BCUT2D eigenvalue weighted by molar-refractivity contribution is 5.78. The molecule has 5 nitrogen and oxygen atoms in total. The number of carbonyl (C=O) groups excluding carboxylic acids is 1. The van der Waals surface area contributed by atoms with Crippen LogP contribution in [0.1, 0.15) is 25.2 Å². The van der Waals surface area contributed by atoms with Crippen molar-refractivity contribution in [2.45, 2.75) is 32.9 Å². The van der Waals surface area contributed by atoms with Crippen molar-refractivity contribution in [1.29, 1.82) is 0 Å². The number of pyridine rings is 2. The number of amides is 1. The maximum absolute atomic E-state index is 12.5. The summed E-state index contributed by atoms with van der Waals surface area (Å²) in [5, 5.41) is 0. The molecule has 0 aliphatic carbocycles. The molecule has 0 bridgehead atoms. The number of rotatable bonds is 5. The van der Waals surface area contributed by atoms with E-state index in [9.17, 15) is 4.79 Å². The third kappa shape index (κ3) is 4.27. The van der Waals surface area contributed by atoms with Crippen LogP contribution >= 0.6 is 0 Å². The molecule has 0 fully saturated rings. The van der Waals surface area contributed by atoms with Crippen molar-refractivity contribution in [2.75, 3.05) is 5.73 Å². The molecule has 110 valence electrons. The van der Waals surface area contributed by atoms with E-state index in [1.54, 1.807) is 29.4 Å². The highest BCUT2D eigenvalue weighted by Crippen LogP contribution is 2.10. The van der Waals surface area contributed by atoms with E-state index in [1.807, 2.05) is 32.0 Å². The molecule has 0 aromatic carbocycles. The highest BCUT2D eigenvalue weighted by atomic mass is 16.2. The fourth-order valence-corrected chi connectivity index (χ4v) is 2.02. The molecule has 2 rings (SSSR count). The van der Waals surface area contributed by atoms with E-state index >= 15 is 0 Å². The predicted octanol–water partition coefficient (Wildman–Crippen LogP) is 2.04. The molecule has 0 saturated heterocycles. The first-order chi connectivity index (χ1) is 10.1. The molecule has 0 atom stereocenters. The van der Waals surface area contributed by atoms with Crippen LogP contribution in [-0.4, -0.2) is 26.8 Å². The van der Waals surface area contributed by atoms with Crippen LogP contribution in [0.3, 0.4) is 0 Å². The lowest BCUT2D eigenvalue weighted by atomic mass is 10.2. The molecular weight excluding hydrogens is 264 g/mol. The number of aromatic nitrogens is 2. The van der Waals surface area contributed by atoms with Gasteiger partial charge in [0.1, 0.15) is 0 Å². The summed E-state index contributed by atoms with van der Waals surface area (Å²) in [7, 11) is 0. The van der Waals surface area contributed by atoms with Crippen molar-refractivity contribution in [3.8, 4) is 0 Å². The third-order valence-electron chi connectivity index (χ3n) is 3.18. The largest absolute Gasteiger partial charge is 0.397 e. The first-order valence-corrected chi connectivity index (χ1v) is 6.96. The molecule has 21 heavy (non-hydrogen) atoms. The zero-order valence-corrected chi connectivity index (χ0v) is 12.4. The summed E-state index contributed by atoms with van der Waals surface area (Å²) in [6.45, 7) is 4.50. The summed E-state index contributed by atoms with van der Waals surface area (Å²) >= 11 is 0. The number of anilines is 1. The van der Waals surface area contributed by atoms with Crippen LogP contribution in [0.5, 0.6) is 0 Å². The van der Waals surface area contributed by atoms with Crippen LogP contribution in [0, 0.1) is 0 Å². The van der Waals surface area contributed by atoms with Crippen LogP contribution in [0.4, 0.5) is 5.69 Å². The molecule has 0 radical (unpaired) electrons. The van der Waals surface area contributed by atoms with Crippen LogP contribution < -0.4 is 5.73 Å². The topological polar surface area (TPSA) is 72.1 Å². The number of carbonyl (C=O) groups is 1. The minimum atomic E-state index is 0.0351. The summed E-state index contributed by atoms with van der Waals surface area (Å²) in [5.74, 6) is 0.0351. The molecule has 0 aliphatic rings. The van der Waals surface area contributed by atoms with E-state index < -0.39 is 0 Å². The first-order valence-electron chi connectivity index (χ1n) is 6.96. The fraction of sp³-hybridized carbons (Fsp3) is 0.312. The zero-order chi connectivity index (χ0) is 15.2. The van der Waals surface area contributed by atoms with Gasteiger partial charge in [-0.15, -0.1) is 0 Å². The molecule has 2 aromatic rings. The summed E-state index contributed by atoms with van der Waals surface area (Å²) in [5.41, 5.74) is 7.80. The second-order valence-electron chi connectivity index (χ2n) is 5.20. The lowest BCUT2D eigenvalue weighted by Crippen LogP contribution is -2.37. The van der Waals surface area contributed by atoms with Crippen molar-refractivity contribution in [2.24, 2.45) is 0 Å². The molecule has 2 N–H and O–H groups in total. The molecular formula is C16H20N4O. The molecule has 5 heteroatoms. The minimum absolute atomic E-state index is 0.0351. The number of nitrogen functional groups attached to an aromatic ring is 1. The van der Waals surface area contributed by atoms with Crippen LogP contribution in [-0.2, 0) is 17.8 Å². The van der Waals surface area contributed by atoms with Gasteiger partial charge in [0.25, 0.3) is 0 Å². The van der Waals surface area contributed by atoms with Crippen molar-refractivity contribution >= 4 is 11.6 Å². The molecule has 0 unspecified atom stereocenters. The monoisotopic (exact) mass is 284 g/mol. The third-order valence-corrected chi connectivity index (χ3v) is 3.18. The van der Waals surface area contributed by atoms with Crippen LogP contribution in [0.2, 0.25) is 0 Å². The van der Waals surface area contributed by atoms with E-state index in [0.717, 1.165) is 11.4 Å². The molecule has 0 spiro atoms. The Kier molecular flexibility index (Phi) is 4.87. The van der Waals surface area contributed by atoms with Gasteiger partial charge in [-0.25, -0.2) is 0 Å². The Hall–Kier alpha value is -2.43. The molecule has 2 heterocycles. The van der Waals surface area contributed by atoms with Crippen molar-refractivity contribution < 1.29 is 4.79 Å². The summed E-state index contributed by atoms with van der Waals surface area (Å²) in [4.78, 5) is 22.7. The second kappa shape index (κ2) is 6.83. The van der Waals surface area contributed by atoms with Gasteiger partial charge in [-0.05, 0) is 38.1 Å². The normalized spacial score (nSPS) is 10.6. The fourth-order valence-electron chi connectivity index (χ4n) is 2.02. The van der Waals surface area contributed by atoms with Crippen molar-refractivity contribution in [3.05, 3.63) is 54.1 Å². The van der Waals surface area contributed by atoms with Gasteiger partial charge in [-0.1, -0.05) is 6.07 Å². The molecule has 0 aliphatic heterocycles. The van der Waals surface area contributed by atoms with E-state index in [1.165, 1.54) is 0 Å². The van der Waals surface area contributed by atoms with Gasteiger partial charge in [0.2, 0.25) is 5.91 Å². The minimum Gasteiger partial charge on any atom is -0.397 e. The number of nitrogens with two attached hydrogens (primary N) is 1. The maximum Gasteiger partial charge on any atom is 0.229 e. The van der Waals surface area contributed by atoms with E-state index in [2.05, 4.69) is 9.97 Å². The second-order valence-corrected chi connectivity index (χ2v) is 5.20. The Morgan fingerprint density at radius 2 is 2.00 bits per heavy atom. The van der Waals surface area contributed by atoms with E-state index in [4.69, 9.17) is 5.73 Å². The number of nitrogens with zero attached hydrogens (tertiary/aromatic N) is 3. The van der Waals surface area contributed by atoms with Gasteiger partial charge in [0, 0.05) is 17.9 Å².